The van der Waals surface area contributed by atoms with Crippen molar-refractivity contribution in [2.75, 3.05) is 19.3 Å². The van der Waals surface area contributed by atoms with Crippen molar-refractivity contribution in [3.05, 3.63) is 0 Å². The summed E-state index contributed by atoms with van der Waals surface area (Å²) in [5.74, 6) is -2.92. The van der Waals surface area contributed by atoms with E-state index in [0.717, 1.165) is 11.2 Å². The minimum atomic E-state index is -5.02. The Labute approximate surface area is 138 Å². The van der Waals surface area contributed by atoms with Gasteiger partial charge in [0.1, 0.15) is 6.04 Å². The van der Waals surface area contributed by atoms with Crippen LogP contribution in [0.1, 0.15) is 27.2 Å². The van der Waals surface area contributed by atoms with E-state index < -0.39 is 64.5 Å². The second kappa shape index (κ2) is 6.17. The van der Waals surface area contributed by atoms with Gasteiger partial charge in [-0.15, -0.1) is 0 Å². The van der Waals surface area contributed by atoms with Crippen LogP contribution < -0.4 is 4.72 Å². The molecule has 0 spiro atoms. The highest BCUT2D eigenvalue weighted by atomic mass is 32.2. The lowest BCUT2D eigenvalue weighted by molar-refractivity contribution is -0.227. The average molecular weight is 374 g/mol. The summed E-state index contributed by atoms with van der Waals surface area (Å²) in [6, 6.07) is -1.30. The number of aliphatic carboxylic acids is 1. The van der Waals surface area contributed by atoms with E-state index in [1.165, 1.54) is 0 Å². The zero-order valence-electron chi connectivity index (χ0n) is 13.8. The van der Waals surface area contributed by atoms with Gasteiger partial charge in [0, 0.05) is 13.1 Å². The van der Waals surface area contributed by atoms with Crippen molar-refractivity contribution in [3.63, 3.8) is 0 Å². The molecule has 1 amide bonds. The third-order valence-corrected chi connectivity index (χ3v) is 4.64. The molecule has 0 bridgehead atoms. The number of likely N-dealkylation sites (tertiary alicyclic amines) is 1. The van der Waals surface area contributed by atoms with Crippen molar-refractivity contribution in [1.82, 2.24) is 9.62 Å². The van der Waals surface area contributed by atoms with Crippen LogP contribution in [0.4, 0.5) is 13.2 Å². The maximum atomic E-state index is 13.2. The molecule has 0 aromatic rings. The molecule has 11 heteroatoms. The van der Waals surface area contributed by atoms with Gasteiger partial charge in [0.2, 0.25) is 15.9 Å². The Morgan fingerprint density at radius 1 is 1.25 bits per heavy atom. The molecule has 7 nitrogen and oxygen atoms in total. The predicted molar refractivity (Wildman–Crippen MR) is 78.5 cm³/mol. The molecule has 24 heavy (non-hydrogen) atoms. The van der Waals surface area contributed by atoms with Crippen LogP contribution in [0.3, 0.4) is 0 Å². The van der Waals surface area contributed by atoms with Crippen molar-refractivity contribution in [3.8, 4) is 0 Å². The van der Waals surface area contributed by atoms with Gasteiger partial charge in [-0.1, -0.05) is 20.8 Å². The SMILES string of the molecule is CC(C)(C)C(NS(C)(=O)=O)C(=O)N1CCC(C(=O)O)(C(F)(F)F)C1. The summed E-state index contributed by atoms with van der Waals surface area (Å²) in [5.41, 5.74) is -3.94. The summed E-state index contributed by atoms with van der Waals surface area (Å²) in [5, 5.41) is 9.01. The third kappa shape index (κ3) is 4.18. The largest absolute Gasteiger partial charge is 0.481 e. The first kappa shape index (κ1) is 20.7. The minimum absolute atomic E-state index is 0.414. The fourth-order valence-electron chi connectivity index (χ4n) is 2.52. The third-order valence-electron chi connectivity index (χ3n) is 3.98. The fraction of sp³-hybridized carbons (Fsp3) is 0.846. The molecule has 0 aliphatic carbocycles. The molecular formula is C13H21F3N2O5S. The zero-order valence-corrected chi connectivity index (χ0v) is 14.6. The van der Waals surface area contributed by atoms with Crippen LogP contribution in [0.2, 0.25) is 0 Å². The molecule has 1 fully saturated rings. The van der Waals surface area contributed by atoms with Gasteiger partial charge >= 0.3 is 12.1 Å². The standard InChI is InChI=1S/C13H21F3N2O5S/c1-11(2,3)8(17-24(4,22)23)9(19)18-6-5-12(7-18,10(20)21)13(14,15)16/h8,17H,5-7H2,1-4H3,(H,20,21). The summed E-state index contributed by atoms with van der Waals surface area (Å²) in [4.78, 5) is 24.5. The molecule has 0 aromatic heterocycles. The average Bonchev–Trinajstić information content (AvgIpc) is 2.78. The molecular weight excluding hydrogens is 353 g/mol. The van der Waals surface area contributed by atoms with Crippen molar-refractivity contribution in [1.29, 1.82) is 0 Å². The number of carboxylic acids is 1. The van der Waals surface area contributed by atoms with E-state index in [0.29, 0.717) is 0 Å². The number of carboxylic acid groups (broad SMARTS) is 1. The molecule has 1 aliphatic heterocycles. The van der Waals surface area contributed by atoms with E-state index in [1.54, 1.807) is 20.8 Å². The Kier molecular flexibility index (Phi) is 5.32. The smallest absolute Gasteiger partial charge is 0.406 e. The molecule has 0 saturated carbocycles. The first-order chi connectivity index (χ1) is 10.5. The lowest BCUT2D eigenvalue weighted by Gasteiger charge is -2.33. The monoisotopic (exact) mass is 374 g/mol. The van der Waals surface area contributed by atoms with Gasteiger partial charge in [-0.25, -0.2) is 13.1 Å². The first-order valence-corrected chi connectivity index (χ1v) is 8.97. The topological polar surface area (TPSA) is 104 Å². The number of sulfonamides is 1. The van der Waals surface area contributed by atoms with Gasteiger partial charge in [-0.3, -0.25) is 9.59 Å². The number of rotatable bonds is 4. The number of amides is 1. The molecule has 2 atom stereocenters. The molecule has 2 unspecified atom stereocenters. The molecule has 2 N–H and O–H groups in total. The summed E-state index contributed by atoms with van der Waals surface area (Å²) in [7, 11) is -3.79. The Bertz CT molecular complexity index is 626. The second-order valence-corrected chi connectivity index (χ2v) is 8.86. The van der Waals surface area contributed by atoms with Crippen LogP contribution >= 0.6 is 0 Å². The van der Waals surface area contributed by atoms with Gasteiger partial charge in [0.15, 0.2) is 5.41 Å². The Balaban J connectivity index is 3.13. The van der Waals surface area contributed by atoms with E-state index >= 15 is 0 Å². The Hall–Kier alpha value is -1.36. The summed E-state index contributed by atoms with van der Waals surface area (Å²) in [6.07, 6.45) is -4.96. The molecule has 1 heterocycles. The molecule has 1 saturated heterocycles. The Morgan fingerprint density at radius 3 is 2.04 bits per heavy atom. The quantitative estimate of drug-likeness (QED) is 0.758. The molecule has 1 rings (SSSR count). The maximum absolute atomic E-state index is 13.2. The highest BCUT2D eigenvalue weighted by Gasteiger charge is 2.64. The molecule has 0 radical (unpaired) electrons. The van der Waals surface area contributed by atoms with Gasteiger partial charge in [-0.05, 0) is 11.8 Å². The second-order valence-electron chi connectivity index (χ2n) is 7.08. The van der Waals surface area contributed by atoms with Gasteiger partial charge in [-0.2, -0.15) is 13.2 Å². The summed E-state index contributed by atoms with van der Waals surface area (Å²) in [6.45, 7) is 3.21. The summed E-state index contributed by atoms with van der Waals surface area (Å²) < 4.78 is 64.6. The lowest BCUT2D eigenvalue weighted by atomic mass is 9.85. The molecule has 1 aliphatic rings. The van der Waals surface area contributed by atoms with E-state index in [1.807, 2.05) is 0 Å². The number of carbonyl (C=O) groups excluding carboxylic acids is 1. The van der Waals surface area contributed by atoms with Crippen LogP contribution in [0.15, 0.2) is 0 Å². The van der Waals surface area contributed by atoms with E-state index in [2.05, 4.69) is 4.72 Å². The van der Waals surface area contributed by atoms with Crippen LogP contribution in [0, 0.1) is 10.8 Å². The van der Waals surface area contributed by atoms with Crippen LogP contribution in [-0.2, 0) is 19.6 Å². The molecule has 0 aromatic carbocycles. The minimum Gasteiger partial charge on any atom is -0.481 e. The number of alkyl halides is 3. The van der Waals surface area contributed by atoms with Gasteiger partial charge < -0.3 is 10.0 Å². The first-order valence-electron chi connectivity index (χ1n) is 7.07. The van der Waals surface area contributed by atoms with E-state index in [4.69, 9.17) is 5.11 Å². The zero-order chi connectivity index (χ0) is 19.1. The molecule has 140 valence electrons. The van der Waals surface area contributed by atoms with E-state index in [-0.39, 0.29) is 0 Å². The van der Waals surface area contributed by atoms with Gasteiger partial charge in [0.25, 0.3) is 0 Å². The van der Waals surface area contributed by atoms with E-state index in [9.17, 15) is 31.2 Å². The van der Waals surface area contributed by atoms with Crippen LogP contribution in [-0.4, -0.2) is 61.9 Å². The number of nitrogens with zero attached hydrogens (tertiary/aromatic N) is 1. The highest BCUT2D eigenvalue weighted by molar-refractivity contribution is 7.88. The van der Waals surface area contributed by atoms with Crippen LogP contribution in [0.25, 0.3) is 0 Å². The lowest BCUT2D eigenvalue weighted by Crippen LogP contribution is -2.55. The number of hydrogen-bond acceptors (Lipinski definition) is 4. The van der Waals surface area contributed by atoms with Crippen LogP contribution in [0.5, 0.6) is 0 Å². The summed E-state index contributed by atoms with van der Waals surface area (Å²) >= 11 is 0. The number of nitrogens with one attached hydrogen (secondary N) is 1. The Morgan fingerprint density at radius 2 is 1.75 bits per heavy atom. The fourth-order valence-corrected chi connectivity index (χ4v) is 3.40. The highest BCUT2D eigenvalue weighted by Crippen LogP contribution is 2.46. The predicted octanol–water partition coefficient (Wildman–Crippen LogP) is 0.816. The number of carbonyl (C=O) groups is 2. The maximum Gasteiger partial charge on any atom is 0.406 e. The number of halogens is 3. The van der Waals surface area contributed by atoms with Gasteiger partial charge in [0.05, 0.1) is 6.26 Å². The van der Waals surface area contributed by atoms with Crippen molar-refractivity contribution in [2.45, 2.75) is 39.4 Å². The van der Waals surface area contributed by atoms with Crippen molar-refractivity contribution >= 4 is 21.9 Å². The normalized spacial score (nSPS) is 24.0. The number of hydrogen-bond donors (Lipinski definition) is 2. The van der Waals surface area contributed by atoms with Crippen molar-refractivity contribution < 1.29 is 36.3 Å². The van der Waals surface area contributed by atoms with Crippen molar-refractivity contribution in [2.24, 2.45) is 10.8 Å².